The third-order valence-electron chi connectivity index (χ3n) is 5.42. The summed E-state index contributed by atoms with van der Waals surface area (Å²) >= 11 is 0. The van der Waals surface area contributed by atoms with E-state index in [0.29, 0.717) is 6.42 Å². The molecule has 4 unspecified atom stereocenters. The van der Waals surface area contributed by atoms with Crippen LogP contribution in [-0.2, 0) is 9.59 Å². The first kappa shape index (κ1) is 16.3. The van der Waals surface area contributed by atoms with Gasteiger partial charge in [-0.25, -0.2) is 0 Å². The van der Waals surface area contributed by atoms with E-state index in [1.165, 1.54) is 32.1 Å². The maximum atomic E-state index is 12.3. The number of carboxylic acid groups (broad SMARTS) is 1. The Kier molecular flexibility index (Phi) is 6.07. The molecule has 0 radical (unpaired) electrons. The van der Waals surface area contributed by atoms with Crippen LogP contribution >= 0.6 is 0 Å². The smallest absolute Gasteiger partial charge is 0.308 e. The van der Waals surface area contributed by atoms with E-state index in [1.807, 2.05) is 6.92 Å². The van der Waals surface area contributed by atoms with Crippen LogP contribution in [-0.4, -0.2) is 23.5 Å². The molecule has 0 bridgehead atoms. The van der Waals surface area contributed by atoms with Crippen LogP contribution in [0.4, 0.5) is 0 Å². The van der Waals surface area contributed by atoms with Crippen LogP contribution in [0.25, 0.3) is 0 Å². The second-order valence-corrected chi connectivity index (χ2v) is 6.88. The molecule has 2 saturated carbocycles. The summed E-state index contributed by atoms with van der Waals surface area (Å²) in [7, 11) is 0. The molecule has 21 heavy (non-hydrogen) atoms. The van der Waals surface area contributed by atoms with E-state index in [0.717, 1.165) is 31.1 Å². The fourth-order valence-electron chi connectivity index (χ4n) is 4.14. The van der Waals surface area contributed by atoms with Crippen molar-refractivity contribution in [2.75, 3.05) is 6.54 Å². The molecular formula is C17H29NO3. The normalized spacial score (nSPS) is 30.2. The summed E-state index contributed by atoms with van der Waals surface area (Å²) < 4.78 is 0. The molecule has 0 aliphatic heterocycles. The fraction of sp³-hybridized carbons (Fsp3) is 0.882. The summed E-state index contributed by atoms with van der Waals surface area (Å²) in [6.07, 6.45) is 9.94. The molecule has 2 N–H and O–H groups in total. The van der Waals surface area contributed by atoms with E-state index >= 15 is 0 Å². The highest BCUT2D eigenvalue weighted by atomic mass is 16.4. The first-order valence-electron chi connectivity index (χ1n) is 8.62. The van der Waals surface area contributed by atoms with Crippen LogP contribution in [0.15, 0.2) is 0 Å². The summed E-state index contributed by atoms with van der Waals surface area (Å²) in [6, 6.07) is 0. The third kappa shape index (κ3) is 4.45. The summed E-state index contributed by atoms with van der Waals surface area (Å²) in [4.78, 5) is 23.4. The molecule has 2 rings (SSSR count). The minimum atomic E-state index is -0.798. The molecule has 2 fully saturated rings. The van der Waals surface area contributed by atoms with E-state index in [4.69, 9.17) is 5.11 Å². The topological polar surface area (TPSA) is 66.4 Å². The zero-order valence-electron chi connectivity index (χ0n) is 13.1. The van der Waals surface area contributed by atoms with Gasteiger partial charge in [-0.05, 0) is 37.5 Å². The van der Waals surface area contributed by atoms with Gasteiger partial charge in [0, 0.05) is 12.5 Å². The van der Waals surface area contributed by atoms with Crippen molar-refractivity contribution < 1.29 is 14.7 Å². The van der Waals surface area contributed by atoms with Crippen molar-refractivity contribution in [3.63, 3.8) is 0 Å². The van der Waals surface area contributed by atoms with Crippen molar-refractivity contribution >= 4 is 11.9 Å². The van der Waals surface area contributed by atoms with Gasteiger partial charge in [-0.15, -0.1) is 0 Å². The molecule has 4 atom stereocenters. The maximum Gasteiger partial charge on any atom is 0.308 e. The zero-order valence-corrected chi connectivity index (χ0v) is 13.1. The largest absolute Gasteiger partial charge is 0.481 e. The lowest BCUT2D eigenvalue weighted by Crippen LogP contribution is -2.40. The number of rotatable bonds is 6. The summed E-state index contributed by atoms with van der Waals surface area (Å²) in [6.45, 7) is 2.26. The SMILES string of the molecule is CCCC(CNC(=O)C1CCC2CCCCC2C1)C(=O)O. The van der Waals surface area contributed by atoms with Gasteiger partial charge in [0.05, 0.1) is 5.92 Å². The Morgan fingerprint density at radius 2 is 1.86 bits per heavy atom. The Hall–Kier alpha value is -1.06. The number of hydrogen-bond acceptors (Lipinski definition) is 2. The van der Waals surface area contributed by atoms with Crippen molar-refractivity contribution in [3.8, 4) is 0 Å². The van der Waals surface area contributed by atoms with Gasteiger partial charge in [0.15, 0.2) is 0 Å². The first-order chi connectivity index (χ1) is 10.1. The van der Waals surface area contributed by atoms with Crippen molar-refractivity contribution in [1.82, 2.24) is 5.32 Å². The highest BCUT2D eigenvalue weighted by molar-refractivity contribution is 5.79. The van der Waals surface area contributed by atoms with Gasteiger partial charge in [0.25, 0.3) is 0 Å². The van der Waals surface area contributed by atoms with Crippen molar-refractivity contribution in [2.45, 2.75) is 64.7 Å². The number of carbonyl (C=O) groups excluding carboxylic acids is 1. The molecule has 120 valence electrons. The third-order valence-corrected chi connectivity index (χ3v) is 5.42. The van der Waals surface area contributed by atoms with Gasteiger partial charge in [0.1, 0.15) is 0 Å². The maximum absolute atomic E-state index is 12.3. The number of carboxylic acids is 1. The molecule has 4 heteroatoms. The minimum Gasteiger partial charge on any atom is -0.481 e. The van der Waals surface area contributed by atoms with Gasteiger partial charge in [-0.2, -0.15) is 0 Å². The molecular weight excluding hydrogens is 266 g/mol. The predicted octanol–water partition coefficient (Wildman–Crippen LogP) is 3.21. The molecule has 0 heterocycles. The second kappa shape index (κ2) is 7.81. The Balaban J connectivity index is 1.79. The summed E-state index contributed by atoms with van der Waals surface area (Å²) in [5, 5.41) is 12.0. The number of hydrogen-bond donors (Lipinski definition) is 2. The van der Waals surface area contributed by atoms with Gasteiger partial charge < -0.3 is 10.4 Å². The molecule has 4 nitrogen and oxygen atoms in total. The van der Waals surface area contributed by atoms with E-state index < -0.39 is 11.9 Å². The summed E-state index contributed by atoms with van der Waals surface area (Å²) in [5.74, 6) is 0.531. The fourth-order valence-corrected chi connectivity index (χ4v) is 4.14. The Labute approximate surface area is 127 Å². The lowest BCUT2D eigenvalue weighted by atomic mass is 9.67. The van der Waals surface area contributed by atoms with Crippen LogP contribution in [0.3, 0.4) is 0 Å². The van der Waals surface area contributed by atoms with Crippen molar-refractivity contribution in [3.05, 3.63) is 0 Å². The summed E-state index contributed by atoms with van der Waals surface area (Å²) in [5.41, 5.74) is 0. The molecule has 0 saturated heterocycles. The molecule has 2 aliphatic rings. The molecule has 1 amide bonds. The Bertz CT molecular complexity index is 369. The second-order valence-electron chi connectivity index (χ2n) is 6.88. The van der Waals surface area contributed by atoms with Crippen LogP contribution in [0.2, 0.25) is 0 Å². The monoisotopic (exact) mass is 295 g/mol. The molecule has 0 aromatic heterocycles. The molecule has 0 aromatic carbocycles. The molecule has 0 aromatic rings. The predicted molar refractivity (Wildman–Crippen MR) is 81.8 cm³/mol. The van der Waals surface area contributed by atoms with Crippen LogP contribution in [0.1, 0.15) is 64.7 Å². The highest BCUT2D eigenvalue weighted by Gasteiger charge is 2.35. The van der Waals surface area contributed by atoms with E-state index in [9.17, 15) is 9.59 Å². The molecule has 0 spiro atoms. The minimum absolute atomic E-state index is 0.0846. The van der Waals surface area contributed by atoms with E-state index in [-0.39, 0.29) is 18.4 Å². The van der Waals surface area contributed by atoms with Crippen molar-refractivity contribution in [2.24, 2.45) is 23.7 Å². The van der Waals surface area contributed by atoms with Gasteiger partial charge in [0.2, 0.25) is 5.91 Å². The number of fused-ring (bicyclic) bond motifs is 1. The molecule has 2 aliphatic carbocycles. The van der Waals surface area contributed by atoms with E-state index in [2.05, 4.69) is 5.32 Å². The Morgan fingerprint density at radius 1 is 1.14 bits per heavy atom. The standard InChI is InChI=1S/C17H29NO3/c1-2-5-15(17(20)21)11-18-16(19)14-9-8-12-6-3-4-7-13(12)10-14/h12-15H,2-11H2,1H3,(H,18,19)(H,20,21). The number of carbonyl (C=O) groups is 2. The number of aliphatic carboxylic acids is 1. The number of amides is 1. The average Bonchev–Trinajstić information content (AvgIpc) is 2.50. The zero-order chi connectivity index (χ0) is 15.2. The van der Waals surface area contributed by atoms with Crippen LogP contribution < -0.4 is 5.32 Å². The van der Waals surface area contributed by atoms with Crippen LogP contribution in [0, 0.1) is 23.7 Å². The lowest BCUT2D eigenvalue weighted by molar-refractivity contribution is -0.142. The number of nitrogens with one attached hydrogen (secondary N) is 1. The van der Waals surface area contributed by atoms with Crippen LogP contribution in [0.5, 0.6) is 0 Å². The lowest BCUT2D eigenvalue weighted by Gasteiger charge is -2.38. The van der Waals surface area contributed by atoms with E-state index in [1.54, 1.807) is 0 Å². The average molecular weight is 295 g/mol. The Morgan fingerprint density at radius 3 is 2.52 bits per heavy atom. The first-order valence-corrected chi connectivity index (χ1v) is 8.62. The quantitative estimate of drug-likeness (QED) is 0.790. The van der Waals surface area contributed by atoms with Gasteiger partial charge in [-0.3, -0.25) is 9.59 Å². The van der Waals surface area contributed by atoms with Crippen molar-refractivity contribution in [1.29, 1.82) is 0 Å². The van der Waals surface area contributed by atoms with Gasteiger partial charge in [-0.1, -0.05) is 39.0 Å². The van der Waals surface area contributed by atoms with Gasteiger partial charge >= 0.3 is 5.97 Å². The highest BCUT2D eigenvalue weighted by Crippen LogP contribution is 2.42.